The average molecular weight is 309 g/mol. The Kier molecular flexibility index (Phi) is 6.44. The SMILES string of the molecule is C#CCC1(C(=O)N2CCCCC(SCC)C2)CCOCC1. The number of terminal acetylenes is 1. The van der Waals surface area contributed by atoms with Crippen LogP contribution in [0.2, 0.25) is 0 Å². The number of hydrogen-bond acceptors (Lipinski definition) is 3. The second-order valence-corrected chi connectivity index (χ2v) is 7.68. The van der Waals surface area contributed by atoms with Gasteiger partial charge in [0.25, 0.3) is 0 Å². The minimum Gasteiger partial charge on any atom is -0.381 e. The normalized spacial score (nSPS) is 25.9. The van der Waals surface area contributed by atoms with Gasteiger partial charge in [0, 0.05) is 38.0 Å². The molecule has 0 aromatic heterocycles. The highest BCUT2D eigenvalue weighted by Crippen LogP contribution is 2.37. The van der Waals surface area contributed by atoms with E-state index in [1.165, 1.54) is 12.8 Å². The van der Waals surface area contributed by atoms with Gasteiger partial charge in [-0.15, -0.1) is 12.3 Å². The van der Waals surface area contributed by atoms with Crippen molar-refractivity contribution in [1.29, 1.82) is 0 Å². The van der Waals surface area contributed by atoms with E-state index in [1.807, 2.05) is 11.8 Å². The lowest BCUT2D eigenvalue weighted by molar-refractivity contribution is -0.147. The Hall–Kier alpha value is -0.660. The number of thioether (sulfide) groups is 1. The first-order valence-electron chi connectivity index (χ1n) is 8.14. The van der Waals surface area contributed by atoms with Crippen LogP contribution < -0.4 is 0 Å². The summed E-state index contributed by atoms with van der Waals surface area (Å²) in [6.07, 6.45) is 11.2. The lowest BCUT2D eigenvalue weighted by atomic mass is 9.76. The largest absolute Gasteiger partial charge is 0.381 e. The van der Waals surface area contributed by atoms with Crippen molar-refractivity contribution < 1.29 is 9.53 Å². The maximum Gasteiger partial charge on any atom is 0.229 e. The summed E-state index contributed by atoms with van der Waals surface area (Å²) in [5, 5.41) is 0.587. The average Bonchev–Trinajstić information content (AvgIpc) is 2.74. The van der Waals surface area contributed by atoms with Gasteiger partial charge in [-0.3, -0.25) is 4.79 Å². The van der Waals surface area contributed by atoms with E-state index >= 15 is 0 Å². The van der Waals surface area contributed by atoms with Crippen LogP contribution in [-0.2, 0) is 9.53 Å². The second-order valence-electron chi connectivity index (χ2n) is 6.10. The van der Waals surface area contributed by atoms with E-state index in [-0.39, 0.29) is 11.3 Å². The molecule has 118 valence electrons. The Labute approximate surface area is 133 Å². The number of rotatable bonds is 4. The third-order valence-electron chi connectivity index (χ3n) is 4.66. The standard InChI is InChI=1S/C17H27NO2S/c1-3-8-17(9-12-20-13-10-17)16(19)18-11-6-5-7-15(14-18)21-4-2/h1,15H,4-14H2,2H3. The van der Waals surface area contributed by atoms with Crippen LogP contribution in [-0.4, -0.2) is 48.1 Å². The Morgan fingerprint density at radius 3 is 2.86 bits per heavy atom. The first-order chi connectivity index (χ1) is 10.2. The third kappa shape index (κ3) is 4.17. The number of ether oxygens (including phenoxy) is 1. The van der Waals surface area contributed by atoms with Crippen LogP contribution >= 0.6 is 11.8 Å². The van der Waals surface area contributed by atoms with E-state index in [1.54, 1.807) is 0 Å². The molecule has 0 spiro atoms. The molecule has 2 aliphatic rings. The van der Waals surface area contributed by atoms with Gasteiger partial charge in [0.2, 0.25) is 5.91 Å². The molecule has 0 radical (unpaired) electrons. The van der Waals surface area contributed by atoms with E-state index < -0.39 is 0 Å². The fourth-order valence-corrected chi connectivity index (χ4v) is 4.51. The zero-order valence-corrected chi connectivity index (χ0v) is 13.9. The van der Waals surface area contributed by atoms with E-state index in [9.17, 15) is 4.79 Å². The van der Waals surface area contributed by atoms with Gasteiger partial charge in [-0.25, -0.2) is 0 Å². The molecule has 1 unspecified atom stereocenters. The summed E-state index contributed by atoms with van der Waals surface area (Å²) in [5.41, 5.74) is -0.362. The lowest BCUT2D eigenvalue weighted by Gasteiger charge is -2.39. The van der Waals surface area contributed by atoms with Gasteiger partial charge >= 0.3 is 0 Å². The van der Waals surface area contributed by atoms with Gasteiger partial charge in [0.05, 0.1) is 5.41 Å². The third-order valence-corrected chi connectivity index (χ3v) is 5.85. The first-order valence-corrected chi connectivity index (χ1v) is 9.19. The van der Waals surface area contributed by atoms with Crippen LogP contribution in [0.5, 0.6) is 0 Å². The molecule has 0 aromatic carbocycles. The van der Waals surface area contributed by atoms with Crippen molar-refractivity contribution in [2.45, 2.75) is 50.7 Å². The lowest BCUT2D eigenvalue weighted by Crippen LogP contribution is -2.48. The highest BCUT2D eigenvalue weighted by atomic mass is 32.2. The predicted octanol–water partition coefficient (Wildman–Crippen LogP) is 2.94. The maximum absolute atomic E-state index is 13.1. The molecule has 3 nitrogen and oxygen atoms in total. The van der Waals surface area contributed by atoms with Crippen molar-refractivity contribution in [1.82, 2.24) is 4.90 Å². The monoisotopic (exact) mass is 309 g/mol. The molecule has 4 heteroatoms. The summed E-state index contributed by atoms with van der Waals surface area (Å²) >= 11 is 1.99. The van der Waals surface area contributed by atoms with Crippen molar-refractivity contribution in [3.8, 4) is 12.3 Å². The van der Waals surface area contributed by atoms with Crippen molar-refractivity contribution in [2.24, 2.45) is 5.41 Å². The molecule has 1 amide bonds. The van der Waals surface area contributed by atoms with Crippen molar-refractivity contribution >= 4 is 17.7 Å². The number of hydrogen-bond donors (Lipinski definition) is 0. The van der Waals surface area contributed by atoms with Gasteiger partial charge in [0.1, 0.15) is 0 Å². The molecular formula is C17H27NO2S. The van der Waals surface area contributed by atoms with Gasteiger partial charge in [-0.05, 0) is 31.4 Å². The van der Waals surface area contributed by atoms with E-state index in [0.29, 0.717) is 24.9 Å². The second kappa shape index (κ2) is 8.10. The number of likely N-dealkylation sites (tertiary alicyclic amines) is 1. The Morgan fingerprint density at radius 2 is 2.19 bits per heavy atom. The summed E-state index contributed by atoms with van der Waals surface area (Å²) in [4.78, 5) is 15.2. The quantitative estimate of drug-likeness (QED) is 0.748. The van der Waals surface area contributed by atoms with E-state index in [4.69, 9.17) is 11.2 Å². The summed E-state index contributed by atoms with van der Waals surface area (Å²) in [6, 6.07) is 0. The topological polar surface area (TPSA) is 29.5 Å². The highest BCUT2D eigenvalue weighted by Gasteiger charge is 2.42. The summed E-state index contributed by atoms with van der Waals surface area (Å²) in [5.74, 6) is 4.15. The molecule has 2 rings (SSSR count). The predicted molar refractivity (Wildman–Crippen MR) is 88.3 cm³/mol. The maximum atomic E-state index is 13.1. The molecule has 2 saturated heterocycles. The summed E-state index contributed by atoms with van der Waals surface area (Å²) in [6.45, 7) is 5.31. The van der Waals surface area contributed by atoms with Crippen LogP contribution in [0.4, 0.5) is 0 Å². The van der Waals surface area contributed by atoms with Crippen LogP contribution in [0.15, 0.2) is 0 Å². The molecule has 0 N–H and O–H groups in total. The molecule has 0 aliphatic carbocycles. The minimum absolute atomic E-state index is 0.285. The van der Waals surface area contributed by atoms with Crippen molar-refractivity contribution in [3.63, 3.8) is 0 Å². The summed E-state index contributed by atoms with van der Waals surface area (Å²) < 4.78 is 5.45. The molecule has 2 aliphatic heterocycles. The van der Waals surface area contributed by atoms with Gasteiger partial charge < -0.3 is 9.64 Å². The van der Waals surface area contributed by atoms with Gasteiger partial charge in [-0.2, -0.15) is 11.8 Å². The number of carbonyl (C=O) groups excluding carboxylic acids is 1. The van der Waals surface area contributed by atoms with Gasteiger partial charge in [-0.1, -0.05) is 13.3 Å². The number of amides is 1. The molecule has 2 heterocycles. The minimum atomic E-state index is -0.362. The molecule has 0 saturated carbocycles. The molecule has 21 heavy (non-hydrogen) atoms. The van der Waals surface area contributed by atoms with Crippen molar-refractivity contribution in [3.05, 3.63) is 0 Å². The molecule has 0 aromatic rings. The first kappa shape index (κ1) is 16.7. The summed E-state index contributed by atoms with van der Waals surface area (Å²) in [7, 11) is 0. The van der Waals surface area contributed by atoms with Crippen LogP contribution in [0, 0.1) is 17.8 Å². The highest BCUT2D eigenvalue weighted by molar-refractivity contribution is 7.99. The smallest absolute Gasteiger partial charge is 0.229 e. The molecule has 1 atom stereocenters. The fourth-order valence-electron chi connectivity index (χ4n) is 3.42. The van der Waals surface area contributed by atoms with Crippen LogP contribution in [0.25, 0.3) is 0 Å². The zero-order valence-electron chi connectivity index (χ0n) is 13.1. The fraction of sp³-hybridized carbons (Fsp3) is 0.824. The van der Waals surface area contributed by atoms with Crippen LogP contribution in [0.3, 0.4) is 0 Å². The molecular weight excluding hydrogens is 282 g/mol. The Bertz CT molecular complexity index is 385. The Balaban J connectivity index is 2.09. The molecule has 0 bridgehead atoms. The molecule has 2 fully saturated rings. The van der Waals surface area contributed by atoms with Crippen LogP contribution in [0.1, 0.15) is 45.4 Å². The van der Waals surface area contributed by atoms with Crippen molar-refractivity contribution in [2.75, 3.05) is 32.1 Å². The zero-order chi connectivity index (χ0) is 15.1. The van der Waals surface area contributed by atoms with E-state index in [0.717, 1.165) is 38.1 Å². The number of nitrogens with zero attached hydrogens (tertiary/aromatic N) is 1. The van der Waals surface area contributed by atoms with Gasteiger partial charge in [0.15, 0.2) is 0 Å². The Morgan fingerprint density at radius 1 is 1.43 bits per heavy atom. The van der Waals surface area contributed by atoms with E-state index in [2.05, 4.69) is 17.7 Å². The number of carbonyl (C=O) groups is 1.